The number of sulfonamides is 1. The number of carbonyl (C=O) groups excluding carboxylic acids is 1. The van der Waals surface area contributed by atoms with E-state index in [-0.39, 0.29) is 23.0 Å². The number of carbonyl (C=O) groups is 1. The van der Waals surface area contributed by atoms with E-state index in [4.69, 9.17) is 11.6 Å². The Kier molecular flexibility index (Phi) is 5.51. The molecule has 0 aliphatic heterocycles. The summed E-state index contributed by atoms with van der Waals surface area (Å²) in [5, 5.41) is 0.170. The van der Waals surface area contributed by atoms with Crippen LogP contribution in [0.15, 0.2) is 21.6 Å². The molecule has 0 saturated carbocycles. The van der Waals surface area contributed by atoms with E-state index in [0.29, 0.717) is 4.47 Å². The maximum absolute atomic E-state index is 11.8. The van der Waals surface area contributed by atoms with Crippen LogP contribution in [-0.4, -0.2) is 33.0 Å². The first-order chi connectivity index (χ1) is 8.36. The van der Waals surface area contributed by atoms with Gasteiger partial charge in [-0.2, -0.15) is 0 Å². The minimum Gasteiger partial charge on any atom is -0.469 e. The molecule has 1 aromatic heterocycles. The Hall–Kier alpha value is -0.700. The Balaban J connectivity index is 2.74. The van der Waals surface area contributed by atoms with Crippen molar-refractivity contribution in [2.75, 3.05) is 13.7 Å². The molecular formula is C9H10BrClN2O4S. The van der Waals surface area contributed by atoms with Gasteiger partial charge in [-0.05, 0) is 22.0 Å². The van der Waals surface area contributed by atoms with Crippen molar-refractivity contribution in [1.82, 2.24) is 9.71 Å². The molecule has 1 rings (SSSR count). The van der Waals surface area contributed by atoms with E-state index in [0.717, 1.165) is 6.20 Å². The quantitative estimate of drug-likeness (QED) is 0.635. The van der Waals surface area contributed by atoms with Crippen molar-refractivity contribution in [2.24, 2.45) is 0 Å². The first kappa shape index (κ1) is 15.4. The van der Waals surface area contributed by atoms with Crippen LogP contribution in [0.5, 0.6) is 0 Å². The number of hydrogen-bond donors (Lipinski definition) is 1. The highest BCUT2D eigenvalue weighted by molar-refractivity contribution is 9.10. The van der Waals surface area contributed by atoms with Crippen LogP contribution in [0.25, 0.3) is 0 Å². The number of aromatic nitrogens is 1. The molecule has 1 aromatic rings. The highest BCUT2D eigenvalue weighted by Crippen LogP contribution is 2.22. The van der Waals surface area contributed by atoms with Crippen molar-refractivity contribution in [3.63, 3.8) is 0 Å². The lowest BCUT2D eigenvalue weighted by atomic mass is 10.4. The normalized spacial score (nSPS) is 11.3. The zero-order chi connectivity index (χ0) is 13.8. The predicted octanol–water partition coefficient (Wildman–Crippen LogP) is 1.34. The second-order valence-electron chi connectivity index (χ2n) is 3.17. The molecule has 100 valence electrons. The van der Waals surface area contributed by atoms with E-state index < -0.39 is 16.0 Å². The topological polar surface area (TPSA) is 85.4 Å². The molecule has 0 aliphatic rings. The molecule has 0 atom stereocenters. The van der Waals surface area contributed by atoms with E-state index in [1.54, 1.807) is 0 Å². The lowest BCUT2D eigenvalue weighted by Crippen LogP contribution is -2.26. The van der Waals surface area contributed by atoms with Gasteiger partial charge in [-0.15, -0.1) is 0 Å². The number of ether oxygens (including phenoxy) is 1. The number of esters is 1. The minimum absolute atomic E-state index is 0.0383. The zero-order valence-electron chi connectivity index (χ0n) is 9.31. The van der Waals surface area contributed by atoms with Crippen molar-refractivity contribution in [3.05, 3.63) is 21.9 Å². The Morgan fingerprint density at radius 1 is 1.61 bits per heavy atom. The lowest BCUT2D eigenvalue weighted by Gasteiger charge is -2.06. The molecule has 0 amide bonds. The number of nitrogens with one attached hydrogen (secondary N) is 1. The van der Waals surface area contributed by atoms with Gasteiger partial charge in [0.05, 0.1) is 18.0 Å². The second kappa shape index (κ2) is 6.46. The third-order valence-corrected chi connectivity index (χ3v) is 4.49. The number of hydrogen-bond acceptors (Lipinski definition) is 5. The van der Waals surface area contributed by atoms with Crippen LogP contribution in [-0.2, 0) is 19.6 Å². The molecule has 0 unspecified atom stereocenters. The first-order valence-electron chi connectivity index (χ1n) is 4.74. The molecule has 9 heteroatoms. The SMILES string of the molecule is COC(=O)CCNS(=O)(=O)c1cnc(Cl)c(Br)c1. The number of halogens is 2. The van der Waals surface area contributed by atoms with Crippen molar-refractivity contribution in [1.29, 1.82) is 0 Å². The van der Waals surface area contributed by atoms with Crippen LogP contribution in [0, 0.1) is 0 Å². The largest absolute Gasteiger partial charge is 0.469 e. The average Bonchev–Trinajstić information content (AvgIpc) is 2.32. The number of pyridine rings is 1. The number of rotatable bonds is 5. The van der Waals surface area contributed by atoms with Crippen molar-refractivity contribution < 1.29 is 17.9 Å². The van der Waals surface area contributed by atoms with Gasteiger partial charge in [0.1, 0.15) is 10.0 Å². The third kappa shape index (κ3) is 4.20. The Bertz CT molecular complexity index is 549. The standard InChI is InChI=1S/C9H10BrClN2O4S/c1-17-8(14)2-3-13-18(15,16)6-4-7(10)9(11)12-5-6/h4-5,13H,2-3H2,1H3. The van der Waals surface area contributed by atoms with E-state index in [2.05, 4.69) is 30.4 Å². The summed E-state index contributed by atoms with van der Waals surface area (Å²) in [6.07, 6.45) is 1.09. The first-order valence-corrected chi connectivity index (χ1v) is 7.40. The van der Waals surface area contributed by atoms with Gasteiger partial charge in [-0.3, -0.25) is 4.79 Å². The summed E-state index contributed by atoms with van der Waals surface area (Å²) in [4.78, 5) is 14.5. The van der Waals surface area contributed by atoms with Gasteiger partial charge in [0.2, 0.25) is 10.0 Å². The van der Waals surface area contributed by atoms with Crippen LogP contribution < -0.4 is 4.72 Å². The number of nitrogens with zero attached hydrogens (tertiary/aromatic N) is 1. The van der Waals surface area contributed by atoms with Crippen LogP contribution in [0.4, 0.5) is 0 Å². The number of methoxy groups -OCH3 is 1. The van der Waals surface area contributed by atoms with E-state index in [1.165, 1.54) is 13.2 Å². The van der Waals surface area contributed by atoms with Gasteiger partial charge in [-0.1, -0.05) is 11.6 Å². The summed E-state index contributed by atoms with van der Waals surface area (Å²) in [5.41, 5.74) is 0. The van der Waals surface area contributed by atoms with E-state index >= 15 is 0 Å². The molecule has 0 saturated heterocycles. The Labute approximate surface area is 118 Å². The molecule has 1 N–H and O–H groups in total. The molecule has 0 spiro atoms. The van der Waals surface area contributed by atoms with Crippen LogP contribution in [0.2, 0.25) is 5.15 Å². The maximum Gasteiger partial charge on any atom is 0.306 e. The smallest absolute Gasteiger partial charge is 0.306 e. The van der Waals surface area contributed by atoms with Crippen LogP contribution >= 0.6 is 27.5 Å². The van der Waals surface area contributed by atoms with Crippen molar-refractivity contribution in [2.45, 2.75) is 11.3 Å². The molecule has 0 radical (unpaired) electrons. The summed E-state index contributed by atoms with van der Waals surface area (Å²) >= 11 is 8.74. The lowest BCUT2D eigenvalue weighted by molar-refractivity contribution is -0.140. The van der Waals surface area contributed by atoms with Gasteiger partial charge in [0.25, 0.3) is 0 Å². The second-order valence-corrected chi connectivity index (χ2v) is 6.15. The fourth-order valence-electron chi connectivity index (χ4n) is 1.02. The minimum atomic E-state index is -3.71. The van der Waals surface area contributed by atoms with Crippen LogP contribution in [0.1, 0.15) is 6.42 Å². The Morgan fingerprint density at radius 2 is 2.28 bits per heavy atom. The molecule has 0 aromatic carbocycles. The summed E-state index contributed by atoms with van der Waals surface area (Å²) in [6, 6.07) is 1.33. The molecular weight excluding hydrogens is 348 g/mol. The van der Waals surface area contributed by atoms with E-state index in [9.17, 15) is 13.2 Å². The maximum atomic E-state index is 11.8. The van der Waals surface area contributed by atoms with Gasteiger partial charge < -0.3 is 4.74 Å². The summed E-state index contributed by atoms with van der Waals surface area (Å²) in [6.45, 7) is -0.0464. The highest BCUT2D eigenvalue weighted by Gasteiger charge is 2.16. The third-order valence-electron chi connectivity index (χ3n) is 1.93. The summed E-state index contributed by atoms with van der Waals surface area (Å²) < 4.78 is 30.6. The van der Waals surface area contributed by atoms with Gasteiger partial charge in [0, 0.05) is 12.7 Å². The van der Waals surface area contributed by atoms with E-state index in [1.807, 2.05) is 0 Å². The molecule has 0 fully saturated rings. The zero-order valence-corrected chi connectivity index (χ0v) is 12.5. The van der Waals surface area contributed by atoms with Crippen molar-refractivity contribution >= 4 is 43.5 Å². The fourth-order valence-corrected chi connectivity index (χ4v) is 2.63. The monoisotopic (exact) mass is 356 g/mol. The average molecular weight is 358 g/mol. The molecule has 18 heavy (non-hydrogen) atoms. The van der Waals surface area contributed by atoms with Gasteiger partial charge in [-0.25, -0.2) is 18.1 Å². The molecule has 6 nitrogen and oxygen atoms in total. The summed E-state index contributed by atoms with van der Waals surface area (Å²) in [7, 11) is -2.48. The summed E-state index contributed by atoms with van der Waals surface area (Å²) in [5.74, 6) is -0.492. The molecule has 0 bridgehead atoms. The highest BCUT2D eigenvalue weighted by atomic mass is 79.9. The molecule has 1 heterocycles. The van der Waals surface area contributed by atoms with Gasteiger partial charge in [0.15, 0.2) is 0 Å². The molecule has 0 aliphatic carbocycles. The predicted molar refractivity (Wildman–Crippen MR) is 68.8 cm³/mol. The Morgan fingerprint density at radius 3 is 2.83 bits per heavy atom. The van der Waals surface area contributed by atoms with Crippen molar-refractivity contribution in [3.8, 4) is 0 Å². The fraction of sp³-hybridized carbons (Fsp3) is 0.333. The van der Waals surface area contributed by atoms with Crippen LogP contribution in [0.3, 0.4) is 0 Å². The van der Waals surface area contributed by atoms with Gasteiger partial charge >= 0.3 is 5.97 Å².